The predicted molar refractivity (Wildman–Crippen MR) is 158 cm³/mol. The van der Waals surface area contributed by atoms with Gasteiger partial charge in [0.15, 0.2) is 0 Å². The van der Waals surface area contributed by atoms with Crippen LogP contribution in [0.2, 0.25) is 5.02 Å². The fraction of sp³-hybridized carbons (Fsp3) is 0.394. The molecule has 210 valence electrons. The highest BCUT2D eigenvalue weighted by Gasteiger charge is 2.34. The van der Waals surface area contributed by atoms with Crippen LogP contribution in [0, 0.1) is 5.92 Å². The highest BCUT2D eigenvalue weighted by atomic mass is 35.5. The molecule has 3 aromatic carbocycles. The second-order valence-electron chi connectivity index (χ2n) is 11.7. The average Bonchev–Trinajstić information content (AvgIpc) is 3.24. The number of benzene rings is 3. The molecule has 2 aliphatic rings. The highest BCUT2D eigenvalue weighted by Crippen LogP contribution is 2.44. The van der Waals surface area contributed by atoms with Crippen molar-refractivity contribution in [2.75, 3.05) is 19.7 Å². The summed E-state index contributed by atoms with van der Waals surface area (Å²) < 4.78 is 11.5. The molecule has 2 atom stereocenters. The number of amides is 2. The normalized spacial score (nSPS) is 17.5. The monoisotopic (exact) mass is 560 g/mol. The lowest BCUT2D eigenvalue weighted by molar-refractivity contribution is 0.0144. The van der Waals surface area contributed by atoms with Gasteiger partial charge in [-0.15, -0.1) is 0 Å². The quantitative estimate of drug-likeness (QED) is 0.340. The predicted octanol–water partition coefficient (Wildman–Crippen LogP) is 7.44. The lowest BCUT2D eigenvalue weighted by Gasteiger charge is -2.37. The molecule has 3 aromatic rings. The number of likely N-dealkylation sites (tertiary alicyclic amines) is 1. The molecule has 0 spiro atoms. The summed E-state index contributed by atoms with van der Waals surface area (Å²) in [7, 11) is 0. The molecular formula is C33H37ClN2O4. The Bertz CT molecular complexity index is 1320. The first-order valence-corrected chi connectivity index (χ1v) is 14.4. The number of nitrogens with one attached hydrogen (secondary N) is 1. The second kappa shape index (κ2) is 11.9. The molecule has 40 heavy (non-hydrogen) atoms. The summed E-state index contributed by atoms with van der Waals surface area (Å²) in [6, 6.07) is 24.0. The van der Waals surface area contributed by atoms with Gasteiger partial charge >= 0.3 is 12.2 Å². The maximum absolute atomic E-state index is 13.3. The van der Waals surface area contributed by atoms with Gasteiger partial charge in [0.1, 0.15) is 12.2 Å². The number of carbonyl (C=O) groups is 2. The molecule has 7 heteroatoms. The number of carbonyl (C=O) groups excluding carboxylic acids is 2. The van der Waals surface area contributed by atoms with Crippen molar-refractivity contribution < 1.29 is 19.1 Å². The Morgan fingerprint density at radius 2 is 1.68 bits per heavy atom. The molecule has 1 heterocycles. The maximum atomic E-state index is 13.3. The molecule has 6 nitrogen and oxygen atoms in total. The molecule has 1 fully saturated rings. The van der Waals surface area contributed by atoms with Crippen molar-refractivity contribution in [1.82, 2.24) is 10.2 Å². The standard InChI is InChI=1S/C33H37ClN2O4/c1-33(2,3)40-32(38)36-17-9-11-23(20-36)30(19-22-10-8-12-24(34)18-22)35-31(37)39-21-29-27-15-6-4-13-25(27)26-14-5-7-16-28(26)29/h4-8,10,12-16,18,23,29-30H,9,11,17,19-21H2,1-3H3,(H,35,37). The fourth-order valence-electron chi connectivity index (χ4n) is 5.88. The van der Waals surface area contributed by atoms with Crippen LogP contribution in [0.1, 0.15) is 56.2 Å². The van der Waals surface area contributed by atoms with Crippen LogP contribution in [0.3, 0.4) is 0 Å². The number of nitrogens with zero attached hydrogens (tertiary/aromatic N) is 1. The summed E-state index contributed by atoms with van der Waals surface area (Å²) in [4.78, 5) is 27.9. The Morgan fingerprint density at radius 1 is 1.00 bits per heavy atom. The third kappa shape index (κ3) is 6.61. The first-order valence-electron chi connectivity index (χ1n) is 14.0. The van der Waals surface area contributed by atoms with Crippen LogP contribution in [0.4, 0.5) is 9.59 Å². The van der Waals surface area contributed by atoms with Gasteiger partial charge in [0, 0.05) is 30.1 Å². The number of fused-ring (bicyclic) bond motifs is 3. The number of hydrogen-bond acceptors (Lipinski definition) is 4. The molecule has 0 radical (unpaired) electrons. The molecule has 0 bridgehead atoms. The maximum Gasteiger partial charge on any atom is 0.410 e. The van der Waals surface area contributed by atoms with Crippen LogP contribution in [0.15, 0.2) is 72.8 Å². The van der Waals surface area contributed by atoms with E-state index < -0.39 is 11.7 Å². The fourth-order valence-corrected chi connectivity index (χ4v) is 6.09. The van der Waals surface area contributed by atoms with Crippen LogP contribution in [-0.4, -0.2) is 48.4 Å². The molecular weight excluding hydrogens is 524 g/mol. The van der Waals surface area contributed by atoms with Crippen LogP contribution in [0.5, 0.6) is 0 Å². The van der Waals surface area contributed by atoms with E-state index in [4.69, 9.17) is 21.1 Å². The number of alkyl carbamates (subject to hydrolysis) is 1. The summed E-state index contributed by atoms with van der Waals surface area (Å²) in [5.74, 6) is 0.0302. The Morgan fingerprint density at radius 3 is 2.33 bits per heavy atom. The van der Waals surface area contributed by atoms with Gasteiger partial charge in [-0.05, 0) is 85.9 Å². The van der Waals surface area contributed by atoms with Gasteiger partial charge in [-0.25, -0.2) is 9.59 Å². The zero-order valence-corrected chi connectivity index (χ0v) is 24.1. The van der Waals surface area contributed by atoms with E-state index in [9.17, 15) is 9.59 Å². The van der Waals surface area contributed by atoms with Gasteiger partial charge in [-0.3, -0.25) is 0 Å². The first-order chi connectivity index (χ1) is 19.2. The van der Waals surface area contributed by atoms with Crippen molar-refractivity contribution in [2.45, 2.75) is 57.6 Å². The van der Waals surface area contributed by atoms with Crippen molar-refractivity contribution in [2.24, 2.45) is 5.92 Å². The Balaban J connectivity index is 1.29. The zero-order chi connectivity index (χ0) is 28.3. The van der Waals surface area contributed by atoms with Gasteiger partial charge in [-0.1, -0.05) is 72.3 Å². The van der Waals surface area contributed by atoms with E-state index in [0.29, 0.717) is 24.5 Å². The minimum Gasteiger partial charge on any atom is -0.449 e. The molecule has 0 aromatic heterocycles. The number of halogens is 1. The highest BCUT2D eigenvalue weighted by molar-refractivity contribution is 6.30. The molecule has 0 saturated carbocycles. The molecule has 1 saturated heterocycles. The van der Waals surface area contributed by atoms with Crippen molar-refractivity contribution in [3.63, 3.8) is 0 Å². The Kier molecular flexibility index (Phi) is 8.36. The van der Waals surface area contributed by atoms with Crippen molar-refractivity contribution >= 4 is 23.8 Å². The lowest BCUT2D eigenvalue weighted by Crippen LogP contribution is -2.51. The largest absolute Gasteiger partial charge is 0.449 e. The summed E-state index contributed by atoms with van der Waals surface area (Å²) in [5.41, 5.74) is 5.18. The Hall–Kier alpha value is -3.51. The van der Waals surface area contributed by atoms with Crippen molar-refractivity contribution in [1.29, 1.82) is 0 Å². The molecule has 1 aliphatic carbocycles. The molecule has 1 N–H and O–H groups in total. The van der Waals surface area contributed by atoms with E-state index in [1.807, 2.05) is 69.3 Å². The van der Waals surface area contributed by atoms with Crippen LogP contribution >= 0.6 is 11.6 Å². The third-order valence-corrected chi connectivity index (χ3v) is 7.91. The summed E-state index contributed by atoms with van der Waals surface area (Å²) in [6.07, 6.45) is 1.52. The molecule has 5 rings (SSSR count). The van der Waals surface area contributed by atoms with Crippen LogP contribution in [-0.2, 0) is 15.9 Å². The van der Waals surface area contributed by atoms with Crippen LogP contribution in [0.25, 0.3) is 11.1 Å². The third-order valence-electron chi connectivity index (χ3n) is 7.67. The Labute approximate surface area is 241 Å². The minimum atomic E-state index is -0.566. The lowest BCUT2D eigenvalue weighted by atomic mass is 9.87. The van der Waals surface area contributed by atoms with Gasteiger partial charge in [-0.2, -0.15) is 0 Å². The van der Waals surface area contributed by atoms with E-state index in [1.54, 1.807) is 4.90 Å². The second-order valence-corrected chi connectivity index (χ2v) is 12.2. The SMILES string of the molecule is CC(C)(C)OC(=O)N1CCCC(C(Cc2cccc(Cl)c2)NC(=O)OCC2c3ccccc3-c3ccccc32)C1. The zero-order valence-electron chi connectivity index (χ0n) is 23.4. The van der Waals surface area contributed by atoms with Crippen molar-refractivity contribution in [3.8, 4) is 11.1 Å². The summed E-state index contributed by atoms with van der Waals surface area (Å²) >= 11 is 6.27. The average molecular weight is 561 g/mol. The van der Waals surface area contributed by atoms with Crippen molar-refractivity contribution in [3.05, 3.63) is 94.5 Å². The smallest absolute Gasteiger partial charge is 0.410 e. The molecule has 2 amide bonds. The van der Waals surface area contributed by atoms with Gasteiger partial charge < -0.3 is 19.7 Å². The molecule has 2 unspecified atom stereocenters. The number of piperidine rings is 1. The first kappa shape index (κ1) is 28.0. The number of rotatable bonds is 6. The topological polar surface area (TPSA) is 67.9 Å². The van der Waals surface area contributed by atoms with E-state index in [-0.39, 0.29) is 30.6 Å². The van der Waals surface area contributed by atoms with E-state index in [0.717, 1.165) is 18.4 Å². The van der Waals surface area contributed by atoms with Gasteiger partial charge in [0.05, 0.1) is 0 Å². The van der Waals surface area contributed by atoms with E-state index >= 15 is 0 Å². The summed E-state index contributed by atoms with van der Waals surface area (Å²) in [5, 5.41) is 3.80. The minimum absolute atomic E-state index is 0.0122. The van der Waals surface area contributed by atoms with E-state index in [2.05, 4.69) is 29.6 Å². The number of hydrogen-bond donors (Lipinski definition) is 1. The number of ether oxygens (including phenoxy) is 2. The summed E-state index contributed by atoms with van der Waals surface area (Å²) in [6.45, 7) is 7.00. The van der Waals surface area contributed by atoms with E-state index in [1.165, 1.54) is 22.3 Å². The van der Waals surface area contributed by atoms with Gasteiger partial charge in [0.2, 0.25) is 0 Å². The molecule has 1 aliphatic heterocycles. The van der Waals surface area contributed by atoms with Gasteiger partial charge in [0.25, 0.3) is 0 Å². The van der Waals surface area contributed by atoms with Crippen LogP contribution < -0.4 is 5.32 Å².